The highest BCUT2D eigenvalue weighted by atomic mass is 16.4. The normalized spacial score (nSPS) is 50.6. The third kappa shape index (κ3) is 2.84. The molecule has 0 saturated heterocycles. The standard InChI is InChI=1S/C23H38O3/c1-22-13-11-18-16(14-20(24)19-7-3-4-12-23(18,19)2)17(22)10-9-15(22)6-5-8-21(25)26/h15-20,24H,3-14H2,1-2H3,(H,25,26)/t15?,16-,17?,18-,19-,20-,22+,23+/m0/s1. The van der Waals surface area contributed by atoms with Crippen molar-refractivity contribution in [3.05, 3.63) is 0 Å². The predicted molar refractivity (Wildman–Crippen MR) is 103 cm³/mol. The van der Waals surface area contributed by atoms with Crippen LogP contribution < -0.4 is 0 Å². The van der Waals surface area contributed by atoms with Crippen molar-refractivity contribution in [1.82, 2.24) is 0 Å². The zero-order valence-corrected chi connectivity index (χ0v) is 16.8. The van der Waals surface area contributed by atoms with Gasteiger partial charge in [-0.25, -0.2) is 0 Å². The number of carboxylic acids is 1. The first-order valence-corrected chi connectivity index (χ1v) is 11.3. The minimum absolute atomic E-state index is 0.0880. The van der Waals surface area contributed by atoms with E-state index in [4.69, 9.17) is 5.11 Å². The molecule has 3 heteroatoms. The Morgan fingerprint density at radius 1 is 0.962 bits per heavy atom. The quantitative estimate of drug-likeness (QED) is 0.717. The van der Waals surface area contributed by atoms with E-state index in [0.717, 1.165) is 31.1 Å². The molecule has 26 heavy (non-hydrogen) atoms. The maximum Gasteiger partial charge on any atom is 0.303 e. The molecule has 2 N–H and O–H groups in total. The van der Waals surface area contributed by atoms with E-state index >= 15 is 0 Å². The van der Waals surface area contributed by atoms with Crippen molar-refractivity contribution >= 4 is 5.97 Å². The third-order valence-corrected chi connectivity index (χ3v) is 9.73. The second kappa shape index (κ2) is 6.79. The smallest absolute Gasteiger partial charge is 0.303 e. The van der Waals surface area contributed by atoms with Crippen LogP contribution >= 0.6 is 0 Å². The molecule has 0 bridgehead atoms. The van der Waals surface area contributed by atoms with E-state index in [-0.39, 0.29) is 6.10 Å². The van der Waals surface area contributed by atoms with Crippen LogP contribution in [0, 0.1) is 40.4 Å². The maximum atomic E-state index is 11.0. The molecule has 148 valence electrons. The molecule has 0 aliphatic heterocycles. The predicted octanol–water partition coefficient (Wildman–Crippen LogP) is 5.26. The molecule has 0 aromatic heterocycles. The molecule has 0 amide bonds. The highest BCUT2D eigenvalue weighted by molar-refractivity contribution is 5.66. The Labute approximate surface area is 158 Å². The number of carboxylic acid groups (broad SMARTS) is 1. The molecule has 0 heterocycles. The van der Waals surface area contributed by atoms with E-state index < -0.39 is 5.97 Å². The molecule has 8 atom stereocenters. The Balaban J connectivity index is 1.52. The molecular formula is C23H38O3. The van der Waals surface area contributed by atoms with E-state index in [1.165, 1.54) is 51.4 Å². The van der Waals surface area contributed by atoms with Crippen molar-refractivity contribution in [3.8, 4) is 0 Å². The number of fused-ring (bicyclic) bond motifs is 5. The summed E-state index contributed by atoms with van der Waals surface area (Å²) in [6.07, 6.45) is 13.7. The van der Waals surface area contributed by atoms with Crippen LogP contribution in [-0.2, 0) is 4.79 Å². The molecular weight excluding hydrogens is 324 g/mol. The topological polar surface area (TPSA) is 57.5 Å². The van der Waals surface area contributed by atoms with Crippen molar-refractivity contribution in [2.45, 2.75) is 97.0 Å². The number of rotatable bonds is 4. The highest BCUT2D eigenvalue weighted by Crippen LogP contribution is 2.67. The van der Waals surface area contributed by atoms with Gasteiger partial charge >= 0.3 is 5.97 Å². The molecule has 0 aromatic carbocycles. The van der Waals surface area contributed by atoms with Gasteiger partial charge in [0.25, 0.3) is 0 Å². The number of hydrogen-bond acceptors (Lipinski definition) is 2. The van der Waals surface area contributed by atoms with Gasteiger partial charge in [0.15, 0.2) is 0 Å². The van der Waals surface area contributed by atoms with Gasteiger partial charge in [0, 0.05) is 6.42 Å². The molecule has 4 saturated carbocycles. The Morgan fingerprint density at radius 2 is 1.73 bits per heavy atom. The fourth-order valence-electron chi connectivity index (χ4n) is 8.44. The second-order valence-corrected chi connectivity index (χ2v) is 10.6. The summed E-state index contributed by atoms with van der Waals surface area (Å²) in [5.74, 6) is 2.85. The molecule has 0 spiro atoms. The minimum atomic E-state index is -0.653. The first-order chi connectivity index (χ1) is 12.4. The summed E-state index contributed by atoms with van der Waals surface area (Å²) >= 11 is 0. The minimum Gasteiger partial charge on any atom is -0.481 e. The van der Waals surface area contributed by atoms with Crippen LogP contribution in [0.2, 0.25) is 0 Å². The molecule has 4 rings (SSSR count). The average molecular weight is 363 g/mol. The van der Waals surface area contributed by atoms with Gasteiger partial charge in [-0.2, -0.15) is 0 Å². The summed E-state index contributed by atoms with van der Waals surface area (Å²) in [6, 6.07) is 0. The molecule has 2 unspecified atom stereocenters. The lowest BCUT2D eigenvalue weighted by atomic mass is 9.44. The SMILES string of the molecule is C[C@]12CC[C@H]3[C@@H](C[C@H](O)[C@@H]4CCCC[C@@]43C)C1CCC2CCCC(=O)O. The highest BCUT2D eigenvalue weighted by Gasteiger charge is 2.61. The van der Waals surface area contributed by atoms with Gasteiger partial charge in [0.1, 0.15) is 0 Å². The monoisotopic (exact) mass is 362 g/mol. The van der Waals surface area contributed by atoms with Crippen LogP contribution in [0.5, 0.6) is 0 Å². The zero-order valence-electron chi connectivity index (χ0n) is 16.8. The summed E-state index contributed by atoms with van der Waals surface area (Å²) < 4.78 is 0. The third-order valence-electron chi connectivity index (χ3n) is 9.73. The van der Waals surface area contributed by atoms with E-state index in [9.17, 15) is 9.90 Å². The van der Waals surface area contributed by atoms with Gasteiger partial charge < -0.3 is 10.2 Å². The summed E-state index contributed by atoms with van der Waals surface area (Å²) in [4.78, 5) is 10.9. The first kappa shape index (κ1) is 18.8. The zero-order chi connectivity index (χ0) is 18.5. The lowest BCUT2D eigenvalue weighted by Crippen LogP contribution is -2.56. The van der Waals surface area contributed by atoms with E-state index in [1.807, 2.05) is 0 Å². The van der Waals surface area contributed by atoms with Gasteiger partial charge in [-0.1, -0.05) is 26.7 Å². The fraction of sp³-hybridized carbons (Fsp3) is 0.957. The number of hydrogen-bond donors (Lipinski definition) is 2. The molecule has 4 fully saturated rings. The number of aliphatic carboxylic acids is 1. The molecule has 4 aliphatic rings. The van der Waals surface area contributed by atoms with Crippen molar-refractivity contribution in [2.75, 3.05) is 0 Å². The Morgan fingerprint density at radius 3 is 2.50 bits per heavy atom. The van der Waals surface area contributed by atoms with Gasteiger partial charge in [-0.3, -0.25) is 4.79 Å². The molecule has 0 radical (unpaired) electrons. The second-order valence-electron chi connectivity index (χ2n) is 10.6. The van der Waals surface area contributed by atoms with E-state index in [0.29, 0.717) is 35.0 Å². The number of aliphatic hydroxyl groups excluding tert-OH is 1. The van der Waals surface area contributed by atoms with Gasteiger partial charge in [-0.15, -0.1) is 0 Å². The first-order valence-electron chi connectivity index (χ1n) is 11.3. The molecule has 0 aromatic rings. The van der Waals surface area contributed by atoms with Gasteiger partial charge in [0.05, 0.1) is 6.10 Å². The van der Waals surface area contributed by atoms with E-state index in [1.54, 1.807) is 0 Å². The summed E-state index contributed by atoms with van der Waals surface area (Å²) in [5.41, 5.74) is 0.751. The van der Waals surface area contributed by atoms with Gasteiger partial charge in [0.2, 0.25) is 0 Å². The lowest BCUT2D eigenvalue weighted by molar-refractivity contribution is -0.157. The molecule has 4 aliphatic carbocycles. The number of aliphatic hydroxyl groups is 1. The summed E-state index contributed by atoms with van der Waals surface area (Å²) in [7, 11) is 0. The van der Waals surface area contributed by atoms with Gasteiger partial charge in [-0.05, 0) is 98.2 Å². The van der Waals surface area contributed by atoms with Crippen LogP contribution in [0.25, 0.3) is 0 Å². The Kier molecular flexibility index (Phi) is 4.91. The molecule has 3 nitrogen and oxygen atoms in total. The fourth-order valence-corrected chi connectivity index (χ4v) is 8.44. The van der Waals surface area contributed by atoms with Crippen LogP contribution in [0.3, 0.4) is 0 Å². The maximum absolute atomic E-state index is 11.0. The van der Waals surface area contributed by atoms with Crippen LogP contribution in [-0.4, -0.2) is 22.3 Å². The van der Waals surface area contributed by atoms with Crippen LogP contribution in [0.15, 0.2) is 0 Å². The lowest BCUT2D eigenvalue weighted by Gasteiger charge is -2.61. The Bertz CT molecular complexity index is 546. The largest absolute Gasteiger partial charge is 0.481 e. The summed E-state index contributed by atoms with van der Waals surface area (Å²) in [5, 5.41) is 20.0. The average Bonchev–Trinajstić information content (AvgIpc) is 2.91. The van der Waals surface area contributed by atoms with Crippen molar-refractivity contribution in [1.29, 1.82) is 0 Å². The van der Waals surface area contributed by atoms with Crippen molar-refractivity contribution in [3.63, 3.8) is 0 Å². The van der Waals surface area contributed by atoms with Crippen molar-refractivity contribution in [2.24, 2.45) is 40.4 Å². The van der Waals surface area contributed by atoms with Crippen LogP contribution in [0.4, 0.5) is 0 Å². The van der Waals surface area contributed by atoms with Crippen LogP contribution in [0.1, 0.15) is 90.9 Å². The summed E-state index contributed by atoms with van der Waals surface area (Å²) in [6.45, 7) is 5.02. The number of carbonyl (C=O) groups is 1. The van der Waals surface area contributed by atoms with Crippen molar-refractivity contribution < 1.29 is 15.0 Å². The van der Waals surface area contributed by atoms with E-state index in [2.05, 4.69) is 13.8 Å². The Hall–Kier alpha value is -0.570.